The Morgan fingerprint density at radius 3 is 3.10 bits per heavy atom. The van der Waals surface area contributed by atoms with Gasteiger partial charge in [-0.15, -0.1) is 0 Å². The quantitative estimate of drug-likeness (QED) is 0.819. The van der Waals surface area contributed by atoms with Crippen LogP contribution in [0.15, 0.2) is 24.3 Å². The van der Waals surface area contributed by atoms with E-state index in [0.717, 1.165) is 44.9 Å². The van der Waals surface area contributed by atoms with Gasteiger partial charge in [-0.3, -0.25) is 9.80 Å². The van der Waals surface area contributed by atoms with E-state index in [0.29, 0.717) is 0 Å². The molecule has 0 spiro atoms. The van der Waals surface area contributed by atoms with Gasteiger partial charge in [0.15, 0.2) is 0 Å². The highest BCUT2D eigenvalue weighted by Crippen LogP contribution is 2.10. The largest absolute Gasteiger partial charge is 0.374 e. The van der Waals surface area contributed by atoms with Crippen LogP contribution in [0.2, 0.25) is 0 Å². The molecule has 1 heterocycles. The summed E-state index contributed by atoms with van der Waals surface area (Å²) in [5, 5.41) is 8.92. The van der Waals surface area contributed by atoms with E-state index in [9.17, 15) is 0 Å². The van der Waals surface area contributed by atoms with Crippen molar-refractivity contribution in [3.05, 3.63) is 35.4 Å². The molecule has 0 saturated carbocycles. The fourth-order valence-electron chi connectivity index (χ4n) is 2.64. The Labute approximate surface area is 121 Å². The predicted octanol–water partition coefficient (Wildman–Crippen LogP) is 1.71. The molecule has 0 bridgehead atoms. The minimum absolute atomic E-state index is 0.285. The molecule has 1 unspecified atom stereocenters. The fraction of sp³-hybridized carbons (Fsp3) is 0.562. The summed E-state index contributed by atoms with van der Waals surface area (Å²) < 4.78 is 5.83. The fourth-order valence-corrected chi connectivity index (χ4v) is 2.64. The monoisotopic (exact) mass is 273 g/mol. The number of benzene rings is 1. The molecule has 1 saturated heterocycles. The van der Waals surface area contributed by atoms with Crippen molar-refractivity contribution in [1.82, 2.24) is 9.80 Å². The van der Waals surface area contributed by atoms with E-state index in [1.54, 1.807) is 0 Å². The van der Waals surface area contributed by atoms with Crippen LogP contribution < -0.4 is 0 Å². The molecule has 1 aliphatic heterocycles. The van der Waals surface area contributed by atoms with Crippen LogP contribution in [0.4, 0.5) is 0 Å². The van der Waals surface area contributed by atoms with Crippen molar-refractivity contribution in [1.29, 1.82) is 5.26 Å². The molecule has 1 fully saturated rings. The molecular formula is C16H23N3O. The van der Waals surface area contributed by atoms with Crippen molar-refractivity contribution in [3.8, 4) is 6.07 Å². The average Bonchev–Trinajstić information content (AvgIpc) is 2.47. The standard InChI is InChI=1S/C16H23N3O/c1-3-19-7-8-20-16(13-19)12-18(2)11-15-6-4-5-14(9-15)10-17/h4-6,9,16H,3,7-8,11-13H2,1-2H3. The molecule has 1 atom stereocenters. The first-order valence-electron chi connectivity index (χ1n) is 7.22. The maximum Gasteiger partial charge on any atom is 0.0991 e. The normalized spacial score (nSPS) is 20.0. The van der Waals surface area contributed by atoms with E-state index >= 15 is 0 Å². The predicted molar refractivity (Wildman–Crippen MR) is 79.3 cm³/mol. The Hall–Kier alpha value is -1.41. The highest BCUT2D eigenvalue weighted by atomic mass is 16.5. The molecule has 0 aromatic heterocycles. The number of rotatable bonds is 5. The molecule has 0 radical (unpaired) electrons. The van der Waals surface area contributed by atoms with Crippen LogP contribution in [-0.4, -0.2) is 55.7 Å². The van der Waals surface area contributed by atoms with Crippen LogP contribution in [0.1, 0.15) is 18.1 Å². The van der Waals surface area contributed by atoms with Gasteiger partial charge in [0.2, 0.25) is 0 Å². The Morgan fingerprint density at radius 2 is 2.35 bits per heavy atom. The second-order valence-electron chi connectivity index (χ2n) is 5.39. The summed E-state index contributed by atoms with van der Waals surface area (Å²) in [4.78, 5) is 4.69. The SMILES string of the molecule is CCN1CCOC(CN(C)Cc2cccc(C#N)c2)C1. The second-order valence-corrected chi connectivity index (χ2v) is 5.39. The van der Waals surface area contributed by atoms with Gasteiger partial charge in [-0.2, -0.15) is 5.26 Å². The molecule has 1 aromatic carbocycles. The first-order valence-corrected chi connectivity index (χ1v) is 7.22. The van der Waals surface area contributed by atoms with Crippen LogP contribution in [0.25, 0.3) is 0 Å². The summed E-state index contributed by atoms with van der Waals surface area (Å²) in [6.45, 7) is 7.94. The third-order valence-electron chi connectivity index (χ3n) is 3.69. The van der Waals surface area contributed by atoms with E-state index in [1.807, 2.05) is 18.2 Å². The van der Waals surface area contributed by atoms with E-state index in [1.165, 1.54) is 5.56 Å². The zero-order valence-corrected chi connectivity index (χ0v) is 12.4. The highest BCUT2D eigenvalue weighted by Gasteiger charge is 2.20. The van der Waals surface area contributed by atoms with Crippen molar-refractivity contribution < 1.29 is 4.74 Å². The molecule has 4 nitrogen and oxygen atoms in total. The van der Waals surface area contributed by atoms with Crippen LogP contribution in [0, 0.1) is 11.3 Å². The first kappa shape index (κ1) is 15.0. The van der Waals surface area contributed by atoms with Gasteiger partial charge in [0, 0.05) is 26.2 Å². The van der Waals surface area contributed by atoms with Crippen molar-refractivity contribution in [2.24, 2.45) is 0 Å². The lowest BCUT2D eigenvalue weighted by Gasteiger charge is -2.34. The molecule has 0 aliphatic carbocycles. The Morgan fingerprint density at radius 1 is 1.50 bits per heavy atom. The van der Waals surface area contributed by atoms with Gasteiger partial charge in [0.05, 0.1) is 24.3 Å². The molecule has 1 aliphatic rings. The third-order valence-corrected chi connectivity index (χ3v) is 3.69. The Balaban J connectivity index is 1.85. The third kappa shape index (κ3) is 4.31. The lowest BCUT2D eigenvalue weighted by molar-refractivity contribution is -0.0397. The van der Waals surface area contributed by atoms with Gasteiger partial charge in [0.1, 0.15) is 0 Å². The number of likely N-dealkylation sites (N-methyl/N-ethyl adjacent to an activating group) is 2. The lowest BCUT2D eigenvalue weighted by Crippen LogP contribution is -2.46. The number of hydrogen-bond donors (Lipinski definition) is 0. The maximum absolute atomic E-state index is 8.92. The molecule has 0 N–H and O–H groups in total. The van der Waals surface area contributed by atoms with Crippen molar-refractivity contribution in [2.45, 2.75) is 19.6 Å². The average molecular weight is 273 g/mol. The zero-order valence-electron chi connectivity index (χ0n) is 12.4. The molecule has 108 valence electrons. The first-order chi connectivity index (χ1) is 9.71. The topological polar surface area (TPSA) is 39.5 Å². The van der Waals surface area contributed by atoms with E-state index in [4.69, 9.17) is 10.00 Å². The highest BCUT2D eigenvalue weighted by molar-refractivity contribution is 5.32. The maximum atomic E-state index is 8.92. The zero-order chi connectivity index (χ0) is 14.4. The summed E-state index contributed by atoms with van der Waals surface area (Å²) >= 11 is 0. The summed E-state index contributed by atoms with van der Waals surface area (Å²) in [6.07, 6.45) is 0.285. The van der Waals surface area contributed by atoms with Crippen LogP contribution >= 0.6 is 0 Å². The number of ether oxygens (including phenoxy) is 1. The summed E-state index contributed by atoms with van der Waals surface area (Å²) in [5.74, 6) is 0. The van der Waals surface area contributed by atoms with Gasteiger partial charge in [0.25, 0.3) is 0 Å². The molecular weight excluding hydrogens is 250 g/mol. The van der Waals surface area contributed by atoms with Crippen LogP contribution in [0.3, 0.4) is 0 Å². The molecule has 0 amide bonds. The van der Waals surface area contributed by atoms with Gasteiger partial charge in [-0.05, 0) is 31.3 Å². The van der Waals surface area contributed by atoms with Crippen LogP contribution in [-0.2, 0) is 11.3 Å². The number of morpholine rings is 1. The molecule has 20 heavy (non-hydrogen) atoms. The van der Waals surface area contributed by atoms with Crippen molar-refractivity contribution in [3.63, 3.8) is 0 Å². The molecule has 4 heteroatoms. The smallest absolute Gasteiger partial charge is 0.0991 e. The van der Waals surface area contributed by atoms with E-state index in [2.05, 4.69) is 35.9 Å². The second kappa shape index (κ2) is 7.39. The van der Waals surface area contributed by atoms with Crippen molar-refractivity contribution >= 4 is 0 Å². The number of nitrogens with zero attached hydrogens (tertiary/aromatic N) is 3. The lowest BCUT2D eigenvalue weighted by atomic mass is 10.1. The summed E-state index contributed by atoms with van der Waals surface area (Å²) in [7, 11) is 2.10. The van der Waals surface area contributed by atoms with Gasteiger partial charge in [-0.1, -0.05) is 19.1 Å². The number of hydrogen-bond acceptors (Lipinski definition) is 4. The molecule has 1 aromatic rings. The minimum atomic E-state index is 0.285. The number of nitriles is 1. The molecule has 2 rings (SSSR count). The van der Waals surface area contributed by atoms with Gasteiger partial charge < -0.3 is 4.74 Å². The summed E-state index contributed by atoms with van der Waals surface area (Å²) in [6, 6.07) is 9.99. The Kier molecular flexibility index (Phi) is 5.54. The minimum Gasteiger partial charge on any atom is -0.374 e. The summed E-state index contributed by atoms with van der Waals surface area (Å²) in [5.41, 5.74) is 1.90. The van der Waals surface area contributed by atoms with Gasteiger partial charge in [-0.25, -0.2) is 0 Å². The van der Waals surface area contributed by atoms with E-state index < -0.39 is 0 Å². The Bertz CT molecular complexity index is 469. The van der Waals surface area contributed by atoms with Crippen LogP contribution in [0.5, 0.6) is 0 Å². The van der Waals surface area contributed by atoms with Crippen molar-refractivity contribution in [2.75, 3.05) is 39.8 Å². The van der Waals surface area contributed by atoms with Gasteiger partial charge >= 0.3 is 0 Å². The van der Waals surface area contributed by atoms with E-state index in [-0.39, 0.29) is 6.10 Å².